The lowest BCUT2D eigenvalue weighted by molar-refractivity contribution is -0.137. The molecule has 0 saturated carbocycles. The Bertz CT molecular complexity index is 654. The molecule has 0 fully saturated rings. The van der Waals surface area contributed by atoms with Crippen molar-refractivity contribution in [3.8, 4) is 5.75 Å². The fourth-order valence-corrected chi connectivity index (χ4v) is 2.00. The minimum Gasteiger partial charge on any atom is -0.489 e. The molecule has 2 aromatic rings. The van der Waals surface area contributed by atoms with E-state index in [1.54, 1.807) is 18.2 Å². The number of aldehydes is 1. The zero-order valence-corrected chi connectivity index (χ0v) is 11.4. The third-order valence-electron chi connectivity index (χ3n) is 2.68. The molecule has 0 aliphatic rings. The van der Waals surface area contributed by atoms with Gasteiger partial charge >= 0.3 is 6.18 Å². The highest BCUT2D eigenvalue weighted by molar-refractivity contribution is 6.30. The summed E-state index contributed by atoms with van der Waals surface area (Å²) >= 11 is 5.68. The summed E-state index contributed by atoms with van der Waals surface area (Å²) in [4.78, 5) is 10.6. The molecule has 0 aliphatic heterocycles. The Labute approximate surface area is 124 Å². The zero-order valence-electron chi connectivity index (χ0n) is 10.7. The highest BCUT2D eigenvalue weighted by atomic mass is 35.5. The predicted octanol–water partition coefficient (Wildman–Crippen LogP) is 4.75. The lowest BCUT2D eigenvalue weighted by Crippen LogP contribution is -2.06. The first-order valence-electron chi connectivity index (χ1n) is 5.93. The summed E-state index contributed by atoms with van der Waals surface area (Å²) in [6.07, 6.45) is -3.80. The second kappa shape index (κ2) is 6.18. The fraction of sp³-hybridized carbons (Fsp3) is 0.133. The van der Waals surface area contributed by atoms with Gasteiger partial charge in [0, 0.05) is 10.6 Å². The Balaban J connectivity index is 2.16. The number of hydrogen-bond acceptors (Lipinski definition) is 2. The number of carbonyl (C=O) groups excluding carboxylic acids is 1. The number of carbonyl (C=O) groups is 1. The van der Waals surface area contributed by atoms with E-state index in [-0.39, 0.29) is 11.6 Å². The van der Waals surface area contributed by atoms with Crippen LogP contribution in [0.15, 0.2) is 42.5 Å². The Morgan fingerprint density at radius 2 is 1.90 bits per heavy atom. The minimum atomic E-state index is -4.46. The van der Waals surface area contributed by atoms with Gasteiger partial charge < -0.3 is 4.74 Å². The van der Waals surface area contributed by atoms with Crippen molar-refractivity contribution in [3.05, 3.63) is 64.2 Å². The van der Waals surface area contributed by atoms with E-state index < -0.39 is 11.7 Å². The van der Waals surface area contributed by atoms with E-state index in [1.807, 2.05) is 0 Å². The van der Waals surface area contributed by atoms with Crippen molar-refractivity contribution in [2.24, 2.45) is 0 Å². The predicted molar refractivity (Wildman–Crippen MR) is 72.6 cm³/mol. The molecule has 110 valence electrons. The van der Waals surface area contributed by atoms with Crippen molar-refractivity contribution >= 4 is 17.9 Å². The molecule has 0 aromatic heterocycles. The average molecular weight is 315 g/mol. The molecule has 21 heavy (non-hydrogen) atoms. The van der Waals surface area contributed by atoms with Gasteiger partial charge in [0.25, 0.3) is 0 Å². The average Bonchev–Trinajstić information content (AvgIpc) is 2.44. The van der Waals surface area contributed by atoms with Crippen LogP contribution >= 0.6 is 11.6 Å². The molecule has 0 spiro atoms. The fourth-order valence-electron chi connectivity index (χ4n) is 1.74. The molecule has 0 unspecified atom stereocenters. The van der Waals surface area contributed by atoms with E-state index >= 15 is 0 Å². The maximum atomic E-state index is 12.7. The van der Waals surface area contributed by atoms with Gasteiger partial charge in [0.2, 0.25) is 0 Å². The van der Waals surface area contributed by atoms with E-state index in [2.05, 4.69) is 0 Å². The molecule has 2 rings (SSSR count). The molecule has 0 heterocycles. The quantitative estimate of drug-likeness (QED) is 0.761. The van der Waals surface area contributed by atoms with Crippen molar-refractivity contribution < 1.29 is 22.7 Å². The molecule has 0 aliphatic carbocycles. The van der Waals surface area contributed by atoms with Crippen molar-refractivity contribution in [2.45, 2.75) is 12.8 Å². The van der Waals surface area contributed by atoms with Gasteiger partial charge in [0.1, 0.15) is 18.6 Å². The van der Waals surface area contributed by atoms with E-state index in [9.17, 15) is 18.0 Å². The number of alkyl halides is 3. The lowest BCUT2D eigenvalue weighted by atomic mass is 10.1. The summed E-state index contributed by atoms with van der Waals surface area (Å²) in [5.41, 5.74) is -0.101. The Morgan fingerprint density at radius 1 is 1.14 bits per heavy atom. The van der Waals surface area contributed by atoms with Gasteiger partial charge in [-0.1, -0.05) is 23.7 Å². The first-order chi connectivity index (χ1) is 9.88. The maximum Gasteiger partial charge on any atom is 0.416 e. The van der Waals surface area contributed by atoms with Crippen LogP contribution < -0.4 is 4.74 Å². The van der Waals surface area contributed by atoms with Gasteiger partial charge in [-0.2, -0.15) is 13.2 Å². The molecule has 2 aromatic carbocycles. The van der Waals surface area contributed by atoms with Crippen LogP contribution in [0, 0.1) is 0 Å². The SMILES string of the molecule is O=Cc1cccc(OCc2cc(Cl)cc(C(F)(F)F)c2)c1. The number of hydrogen-bond donors (Lipinski definition) is 0. The summed E-state index contributed by atoms with van der Waals surface area (Å²) in [7, 11) is 0. The first kappa shape index (κ1) is 15.4. The zero-order chi connectivity index (χ0) is 15.5. The van der Waals surface area contributed by atoms with E-state index in [1.165, 1.54) is 12.1 Å². The summed E-state index contributed by atoms with van der Waals surface area (Å²) in [6, 6.07) is 9.58. The second-order valence-corrected chi connectivity index (χ2v) is 4.76. The van der Waals surface area contributed by atoms with Crippen LogP contribution in [0.5, 0.6) is 5.75 Å². The first-order valence-corrected chi connectivity index (χ1v) is 6.31. The number of benzene rings is 2. The van der Waals surface area contributed by atoms with E-state index in [0.29, 0.717) is 23.2 Å². The molecular weight excluding hydrogens is 305 g/mol. The molecular formula is C15H10ClF3O2. The summed E-state index contributed by atoms with van der Waals surface area (Å²) < 4.78 is 43.4. The lowest BCUT2D eigenvalue weighted by Gasteiger charge is -2.11. The number of halogens is 4. The molecule has 6 heteroatoms. The molecule has 2 nitrogen and oxygen atoms in total. The van der Waals surface area contributed by atoms with Crippen molar-refractivity contribution in [2.75, 3.05) is 0 Å². The summed E-state index contributed by atoms with van der Waals surface area (Å²) in [6.45, 7) is -0.0774. The van der Waals surface area contributed by atoms with Crippen molar-refractivity contribution in [1.29, 1.82) is 0 Å². The van der Waals surface area contributed by atoms with Crippen LogP contribution in [0.2, 0.25) is 5.02 Å². The van der Waals surface area contributed by atoms with Gasteiger partial charge in [0.05, 0.1) is 5.56 Å². The Hall–Kier alpha value is -2.01. The second-order valence-electron chi connectivity index (χ2n) is 4.32. The van der Waals surface area contributed by atoms with Crippen LogP contribution in [-0.4, -0.2) is 6.29 Å². The molecule has 0 atom stereocenters. The van der Waals surface area contributed by atoms with E-state index in [4.69, 9.17) is 16.3 Å². The van der Waals surface area contributed by atoms with Gasteiger partial charge in [-0.25, -0.2) is 0 Å². The van der Waals surface area contributed by atoms with Gasteiger partial charge in [0.15, 0.2) is 0 Å². The van der Waals surface area contributed by atoms with Crippen molar-refractivity contribution in [1.82, 2.24) is 0 Å². The molecule has 0 saturated heterocycles. The van der Waals surface area contributed by atoms with Crippen LogP contribution in [0.25, 0.3) is 0 Å². The normalized spacial score (nSPS) is 11.2. The maximum absolute atomic E-state index is 12.7. The molecule has 0 amide bonds. The van der Waals surface area contributed by atoms with Gasteiger partial charge in [-0.15, -0.1) is 0 Å². The standard InChI is InChI=1S/C15H10ClF3O2/c16-13-5-11(4-12(7-13)15(17,18)19)9-21-14-3-1-2-10(6-14)8-20/h1-8H,9H2. The van der Waals surface area contributed by atoms with Crippen LogP contribution in [0.1, 0.15) is 21.5 Å². The Morgan fingerprint density at radius 3 is 2.57 bits per heavy atom. The Kier molecular flexibility index (Phi) is 4.53. The monoisotopic (exact) mass is 314 g/mol. The third kappa shape index (κ3) is 4.23. The highest BCUT2D eigenvalue weighted by Crippen LogP contribution is 2.32. The van der Waals surface area contributed by atoms with Crippen LogP contribution in [0.3, 0.4) is 0 Å². The highest BCUT2D eigenvalue weighted by Gasteiger charge is 2.31. The summed E-state index contributed by atoms with van der Waals surface area (Å²) in [5, 5.41) is -0.00920. The van der Waals surface area contributed by atoms with Gasteiger partial charge in [-0.3, -0.25) is 4.79 Å². The number of ether oxygens (including phenoxy) is 1. The van der Waals surface area contributed by atoms with Gasteiger partial charge in [-0.05, 0) is 35.9 Å². The van der Waals surface area contributed by atoms with E-state index in [0.717, 1.165) is 12.1 Å². The summed E-state index contributed by atoms with van der Waals surface area (Å²) in [5.74, 6) is 0.396. The third-order valence-corrected chi connectivity index (χ3v) is 2.90. The smallest absolute Gasteiger partial charge is 0.416 e. The van der Waals surface area contributed by atoms with Crippen molar-refractivity contribution in [3.63, 3.8) is 0 Å². The molecule has 0 radical (unpaired) electrons. The topological polar surface area (TPSA) is 26.3 Å². The van der Waals surface area contributed by atoms with Crippen LogP contribution in [-0.2, 0) is 12.8 Å². The van der Waals surface area contributed by atoms with Crippen LogP contribution in [0.4, 0.5) is 13.2 Å². The molecule has 0 bridgehead atoms. The minimum absolute atomic E-state index is 0.00920. The number of rotatable bonds is 4. The largest absolute Gasteiger partial charge is 0.489 e. The molecule has 0 N–H and O–H groups in total.